The zero-order valence-corrected chi connectivity index (χ0v) is 13.8. The van der Waals surface area contributed by atoms with Crippen LogP contribution in [0.1, 0.15) is 6.42 Å². The molecule has 0 spiro atoms. The van der Waals surface area contributed by atoms with Gasteiger partial charge in [0, 0.05) is 44.8 Å². The number of anilines is 1. The van der Waals surface area contributed by atoms with Crippen LogP contribution in [0.3, 0.4) is 0 Å². The summed E-state index contributed by atoms with van der Waals surface area (Å²) in [5.41, 5.74) is 1.21. The van der Waals surface area contributed by atoms with E-state index in [0.717, 1.165) is 26.2 Å². The summed E-state index contributed by atoms with van der Waals surface area (Å²) >= 11 is 1.48. The van der Waals surface area contributed by atoms with Crippen LogP contribution in [0.5, 0.6) is 0 Å². The van der Waals surface area contributed by atoms with Crippen molar-refractivity contribution in [2.24, 2.45) is 0 Å². The topological polar surface area (TPSA) is 52.7 Å². The van der Waals surface area contributed by atoms with Gasteiger partial charge in [-0.15, -0.1) is 0 Å². The third-order valence-electron chi connectivity index (χ3n) is 3.69. The SMILES string of the molecule is CSCC(=O)NCCC(=O)N1CCN(c2ccccc2)CC1. The lowest BCUT2D eigenvalue weighted by Gasteiger charge is -2.36. The van der Waals surface area contributed by atoms with Crippen LogP contribution in [0.15, 0.2) is 30.3 Å². The smallest absolute Gasteiger partial charge is 0.229 e. The number of thioether (sulfide) groups is 1. The van der Waals surface area contributed by atoms with Gasteiger partial charge < -0.3 is 15.1 Å². The summed E-state index contributed by atoms with van der Waals surface area (Å²) in [4.78, 5) is 27.7. The van der Waals surface area contributed by atoms with Crippen molar-refractivity contribution in [1.29, 1.82) is 0 Å². The van der Waals surface area contributed by atoms with E-state index in [1.54, 1.807) is 0 Å². The van der Waals surface area contributed by atoms with Gasteiger partial charge in [0.15, 0.2) is 0 Å². The van der Waals surface area contributed by atoms with Gasteiger partial charge in [-0.3, -0.25) is 9.59 Å². The van der Waals surface area contributed by atoms with E-state index < -0.39 is 0 Å². The summed E-state index contributed by atoms with van der Waals surface area (Å²) in [6, 6.07) is 10.3. The Morgan fingerprint density at radius 3 is 2.45 bits per heavy atom. The van der Waals surface area contributed by atoms with Crippen LogP contribution in [0.4, 0.5) is 5.69 Å². The molecule has 22 heavy (non-hydrogen) atoms. The Labute approximate surface area is 136 Å². The van der Waals surface area contributed by atoms with E-state index in [9.17, 15) is 9.59 Å². The van der Waals surface area contributed by atoms with Crippen LogP contribution in [-0.4, -0.2) is 61.4 Å². The number of para-hydroxylation sites is 1. The fourth-order valence-electron chi connectivity index (χ4n) is 2.50. The highest BCUT2D eigenvalue weighted by Crippen LogP contribution is 2.15. The van der Waals surface area contributed by atoms with Crippen LogP contribution >= 0.6 is 11.8 Å². The number of carbonyl (C=O) groups excluding carboxylic acids is 2. The Kier molecular flexibility index (Phi) is 6.58. The second-order valence-electron chi connectivity index (χ2n) is 5.24. The highest BCUT2D eigenvalue weighted by atomic mass is 32.2. The maximum Gasteiger partial charge on any atom is 0.229 e. The van der Waals surface area contributed by atoms with Crippen molar-refractivity contribution < 1.29 is 9.59 Å². The molecule has 0 atom stereocenters. The van der Waals surface area contributed by atoms with Gasteiger partial charge in [0.1, 0.15) is 0 Å². The molecule has 0 unspecified atom stereocenters. The van der Waals surface area contributed by atoms with Gasteiger partial charge in [-0.2, -0.15) is 11.8 Å². The average Bonchev–Trinajstić information content (AvgIpc) is 2.56. The highest BCUT2D eigenvalue weighted by molar-refractivity contribution is 7.99. The van der Waals surface area contributed by atoms with Crippen molar-refractivity contribution in [1.82, 2.24) is 10.2 Å². The second kappa shape index (κ2) is 8.68. The number of nitrogens with one attached hydrogen (secondary N) is 1. The Hall–Kier alpha value is -1.69. The van der Waals surface area contributed by atoms with Gasteiger partial charge in [0.2, 0.25) is 11.8 Å². The molecule has 1 N–H and O–H groups in total. The zero-order chi connectivity index (χ0) is 15.8. The lowest BCUT2D eigenvalue weighted by atomic mass is 10.2. The molecule has 0 aliphatic carbocycles. The maximum absolute atomic E-state index is 12.1. The van der Waals surface area contributed by atoms with Crippen molar-refractivity contribution in [3.63, 3.8) is 0 Å². The van der Waals surface area contributed by atoms with Gasteiger partial charge in [-0.25, -0.2) is 0 Å². The van der Waals surface area contributed by atoms with Crippen LogP contribution in [-0.2, 0) is 9.59 Å². The quantitative estimate of drug-likeness (QED) is 0.855. The van der Waals surface area contributed by atoms with Gasteiger partial charge >= 0.3 is 0 Å². The van der Waals surface area contributed by atoms with Crippen LogP contribution < -0.4 is 10.2 Å². The number of nitrogens with zero attached hydrogens (tertiary/aromatic N) is 2. The van der Waals surface area contributed by atoms with Gasteiger partial charge in [-0.05, 0) is 18.4 Å². The fraction of sp³-hybridized carbons (Fsp3) is 0.500. The molecule has 1 aliphatic heterocycles. The first-order valence-electron chi connectivity index (χ1n) is 7.54. The van der Waals surface area contributed by atoms with Crippen molar-refractivity contribution in [3.05, 3.63) is 30.3 Å². The lowest BCUT2D eigenvalue weighted by Crippen LogP contribution is -2.49. The maximum atomic E-state index is 12.1. The van der Waals surface area contributed by atoms with Crippen LogP contribution in [0.2, 0.25) is 0 Å². The summed E-state index contributed by atoms with van der Waals surface area (Å²) in [7, 11) is 0. The number of hydrogen-bond acceptors (Lipinski definition) is 4. The largest absolute Gasteiger partial charge is 0.368 e. The van der Waals surface area contributed by atoms with Crippen molar-refractivity contribution in [2.75, 3.05) is 49.6 Å². The molecule has 0 aromatic heterocycles. The minimum absolute atomic E-state index is 0.00537. The van der Waals surface area contributed by atoms with E-state index in [0.29, 0.717) is 18.7 Å². The van der Waals surface area contributed by atoms with Gasteiger partial charge in [0.25, 0.3) is 0 Å². The third kappa shape index (κ3) is 4.94. The molecule has 1 fully saturated rings. The Morgan fingerprint density at radius 1 is 1.14 bits per heavy atom. The van der Waals surface area contributed by atoms with Crippen LogP contribution in [0, 0.1) is 0 Å². The average molecular weight is 321 g/mol. The lowest BCUT2D eigenvalue weighted by molar-refractivity contribution is -0.131. The van der Waals surface area contributed by atoms with Crippen molar-refractivity contribution in [2.45, 2.75) is 6.42 Å². The van der Waals surface area contributed by atoms with Gasteiger partial charge in [-0.1, -0.05) is 18.2 Å². The molecule has 1 saturated heterocycles. The normalized spacial score (nSPS) is 14.8. The van der Waals surface area contributed by atoms with Crippen molar-refractivity contribution in [3.8, 4) is 0 Å². The number of rotatable bonds is 6. The fourth-order valence-corrected chi connectivity index (χ4v) is 2.87. The molecule has 5 nitrogen and oxygen atoms in total. The zero-order valence-electron chi connectivity index (χ0n) is 13.0. The first-order chi connectivity index (χ1) is 10.7. The summed E-state index contributed by atoms with van der Waals surface area (Å²) in [6.45, 7) is 3.62. The second-order valence-corrected chi connectivity index (χ2v) is 6.10. The molecular formula is C16H23N3O2S. The molecule has 2 amide bonds. The first-order valence-corrected chi connectivity index (χ1v) is 8.93. The van der Waals surface area contributed by atoms with Crippen molar-refractivity contribution >= 4 is 29.3 Å². The third-order valence-corrected chi connectivity index (χ3v) is 4.24. The molecule has 1 aromatic rings. The predicted octanol–water partition coefficient (Wildman–Crippen LogP) is 1.20. The molecular weight excluding hydrogens is 298 g/mol. The number of benzene rings is 1. The first kappa shape index (κ1) is 16.7. The van der Waals surface area contributed by atoms with E-state index in [2.05, 4.69) is 22.3 Å². The summed E-state index contributed by atoms with van der Waals surface area (Å²) in [6.07, 6.45) is 2.27. The molecule has 6 heteroatoms. The van der Waals surface area contributed by atoms with Crippen LogP contribution in [0.25, 0.3) is 0 Å². The molecule has 0 saturated carbocycles. The minimum atomic E-state index is -0.00537. The summed E-state index contributed by atoms with van der Waals surface area (Å²) in [5.74, 6) is 0.565. The molecule has 0 bridgehead atoms. The summed E-state index contributed by atoms with van der Waals surface area (Å²) in [5, 5.41) is 2.77. The monoisotopic (exact) mass is 321 g/mol. The molecule has 120 valence electrons. The molecule has 0 radical (unpaired) electrons. The predicted molar refractivity (Wildman–Crippen MR) is 91.2 cm³/mol. The highest BCUT2D eigenvalue weighted by Gasteiger charge is 2.20. The Morgan fingerprint density at radius 2 is 1.82 bits per heavy atom. The Balaban J connectivity index is 1.70. The van der Waals surface area contributed by atoms with E-state index in [1.807, 2.05) is 29.4 Å². The van der Waals surface area contributed by atoms with E-state index in [4.69, 9.17) is 0 Å². The standard InChI is InChI=1S/C16H23N3O2S/c1-22-13-15(20)17-8-7-16(21)19-11-9-18(10-12-19)14-5-3-2-4-6-14/h2-6H,7-13H2,1H3,(H,17,20). The Bertz CT molecular complexity index is 487. The number of amides is 2. The molecule has 1 heterocycles. The van der Waals surface area contributed by atoms with E-state index >= 15 is 0 Å². The summed E-state index contributed by atoms with van der Waals surface area (Å²) < 4.78 is 0. The minimum Gasteiger partial charge on any atom is -0.368 e. The molecule has 2 rings (SSSR count). The number of piperazine rings is 1. The number of carbonyl (C=O) groups is 2. The number of hydrogen-bond donors (Lipinski definition) is 1. The molecule has 1 aliphatic rings. The van der Waals surface area contributed by atoms with E-state index in [-0.39, 0.29) is 11.8 Å². The molecule has 1 aromatic carbocycles. The van der Waals surface area contributed by atoms with Gasteiger partial charge in [0.05, 0.1) is 5.75 Å². The van der Waals surface area contributed by atoms with E-state index in [1.165, 1.54) is 17.4 Å².